The van der Waals surface area contributed by atoms with Gasteiger partial charge in [-0.25, -0.2) is 9.79 Å². The number of aromatic nitrogens is 2. The summed E-state index contributed by atoms with van der Waals surface area (Å²) in [7, 11) is 1.38. The van der Waals surface area contributed by atoms with E-state index in [2.05, 4.69) is 28.4 Å². The second-order valence-corrected chi connectivity index (χ2v) is 8.05. The molecule has 0 radical (unpaired) electrons. The molecule has 6 heteroatoms. The third-order valence-electron chi connectivity index (χ3n) is 5.87. The van der Waals surface area contributed by atoms with Gasteiger partial charge in [-0.15, -0.1) is 0 Å². The van der Waals surface area contributed by atoms with Crippen LogP contribution in [0.2, 0.25) is 0 Å². The van der Waals surface area contributed by atoms with Crippen LogP contribution in [-0.4, -0.2) is 28.8 Å². The van der Waals surface area contributed by atoms with Gasteiger partial charge in [-0.2, -0.15) is 4.98 Å². The van der Waals surface area contributed by atoms with Crippen LogP contribution in [0.5, 0.6) is 0 Å². The van der Waals surface area contributed by atoms with Crippen molar-refractivity contribution in [2.45, 2.75) is 45.6 Å². The van der Waals surface area contributed by atoms with E-state index in [4.69, 9.17) is 4.74 Å². The van der Waals surface area contributed by atoms with Crippen LogP contribution in [-0.2, 0) is 17.6 Å². The number of hydrogen-bond acceptors (Lipinski definition) is 5. The van der Waals surface area contributed by atoms with E-state index in [1.165, 1.54) is 7.11 Å². The van der Waals surface area contributed by atoms with Crippen molar-refractivity contribution in [1.82, 2.24) is 9.55 Å². The Hall–Kier alpha value is -3.54. The zero-order chi connectivity index (χ0) is 22.7. The second kappa shape index (κ2) is 9.30. The molecule has 6 nitrogen and oxygen atoms in total. The summed E-state index contributed by atoms with van der Waals surface area (Å²) in [5, 5.41) is 0. The van der Waals surface area contributed by atoms with E-state index >= 15 is 0 Å². The molecule has 0 amide bonds. The van der Waals surface area contributed by atoms with E-state index < -0.39 is 0 Å². The highest BCUT2D eigenvalue weighted by atomic mass is 16.5. The Balaban J connectivity index is 1.68. The normalized spacial score (nSPS) is 14.4. The molecule has 1 aliphatic rings. The molecule has 1 aromatic heterocycles. The van der Waals surface area contributed by atoms with Gasteiger partial charge in [0.15, 0.2) is 0 Å². The smallest absolute Gasteiger partial charge is 0.338 e. The van der Waals surface area contributed by atoms with Gasteiger partial charge in [-0.3, -0.25) is 4.79 Å². The first-order valence-electron chi connectivity index (χ1n) is 11.0. The Bertz CT molecular complexity index is 1230. The predicted molar refractivity (Wildman–Crippen MR) is 126 cm³/mol. The van der Waals surface area contributed by atoms with Gasteiger partial charge in [0.1, 0.15) is 0 Å². The molecule has 0 N–H and O–H groups in total. The molecule has 0 saturated heterocycles. The van der Waals surface area contributed by atoms with Crippen molar-refractivity contribution in [3.05, 3.63) is 81.3 Å². The third-order valence-corrected chi connectivity index (χ3v) is 5.87. The Morgan fingerprint density at radius 2 is 1.88 bits per heavy atom. The summed E-state index contributed by atoms with van der Waals surface area (Å²) in [6.45, 7) is 4.22. The van der Waals surface area contributed by atoms with Crippen molar-refractivity contribution < 1.29 is 9.53 Å². The first-order valence-corrected chi connectivity index (χ1v) is 11.0. The molecule has 164 valence electrons. The van der Waals surface area contributed by atoms with Gasteiger partial charge in [0, 0.05) is 23.9 Å². The van der Waals surface area contributed by atoms with Gasteiger partial charge >= 0.3 is 5.97 Å². The van der Waals surface area contributed by atoms with Gasteiger partial charge in [0.25, 0.3) is 5.56 Å². The summed E-state index contributed by atoms with van der Waals surface area (Å²) in [5.41, 5.74) is 4.86. The minimum Gasteiger partial charge on any atom is -0.465 e. The van der Waals surface area contributed by atoms with Gasteiger partial charge in [-0.05, 0) is 42.5 Å². The Morgan fingerprint density at radius 1 is 1.12 bits per heavy atom. The number of unbranched alkanes of at least 4 members (excludes halogenated alkanes) is 1. The molecule has 1 unspecified atom stereocenters. The molecule has 4 rings (SSSR count). The lowest BCUT2D eigenvalue weighted by molar-refractivity contribution is 0.0601. The summed E-state index contributed by atoms with van der Waals surface area (Å²) in [6, 6.07) is 15.4. The highest BCUT2D eigenvalue weighted by Crippen LogP contribution is 2.28. The molecule has 2 aromatic carbocycles. The average Bonchev–Trinajstić information content (AvgIpc) is 3.18. The van der Waals surface area contributed by atoms with Crippen LogP contribution in [0, 0.1) is 0 Å². The standard InChI is InChI=1S/C26H27N3O3/c1-4-5-10-23-22(24(30)28-26-27-16-17(2)29(23)26)15-18-11-13-19(14-12-18)20-8-6-7-9-21(20)25(31)32-3/h6-9,11-14,16-17H,4-5,10,15H2,1-3H3. The number of fused-ring (bicyclic) bond motifs is 1. The van der Waals surface area contributed by atoms with Crippen LogP contribution < -0.4 is 5.56 Å². The SMILES string of the molecule is CCCCc1c(Cc2ccc(-c3ccccc3C(=O)OC)cc2)c(=O)nc2n1C(C)C=N2. The Labute approximate surface area is 187 Å². The summed E-state index contributed by atoms with van der Waals surface area (Å²) in [5.74, 6) is 0.144. The molecule has 0 fully saturated rings. The van der Waals surface area contributed by atoms with Gasteiger partial charge in [0.05, 0.1) is 18.7 Å². The largest absolute Gasteiger partial charge is 0.465 e. The summed E-state index contributed by atoms with van der Waals surface area (Å²) >= 11 is 0. The molecule has 1 atom stereocenters. The van der Waals surface area contributed by atoms with Gasteiger partial charge < -0.3 is 9.30 Å². The van der Waals surface area contributed by atoms with E-state index in [9.17, 15) is 9.59 Å². The van der Waals surface area contributed by atoms with Crippen LogP contribution in [0.15, 0.2) is 58.3 Å². The van der Waals surface area contributed by atoms with Gasteiger partial charge in [0.2, 0.25) is 5.95 Å². The number of nitrogens with zero attached hydrogens (tertiary/aromatic N) is 3. The van der Waals surface area contributed by atoms with Crippen LogP contribution in [0.3, 0.4) is 0 Å². The number of hydrogen-bond donors (Lipinski definition) is 0. The van der Waals surface area contributed by atoms with E-state index in [-0.39, 0.29) is 17.6 Å². The van der Waals surface area contributed by atoms with Crippen molar-refractivity contribution in [2.75, 3.05) is 7.11 Å². The fourth-order valence-electron chi connectivity index (χ4n) is 4.18. The van der Waals surface area contributed by atoms with Crippen molar-refractivity contribution in [3.63, 3.8) is 0 Å². The van der Waals surface area contributed by atoms with E-state index in [1.807, 2.05) is 48.7 Å². The lowest BCUT2D eigenvalue weighted by Crippen LogP contribution is -2.23. The summed E-state index contributed by atoms with van der Waals surface area (Å²) in [4.78, 5) is 33.5. The average molecular weight is 430 g/mol. The summed E-state index contributed by atoms with van der Waals surface area (Å²) in [6.07, 6.45) is 5.24. The van der Waals surface area contributed by atoms with Crippen molar-refractivity contribution in [1.29, 1.82) is 0 Å². The van der Waals surface area contributed by atoms with E-state index in [0.717, 1.165) is 47.2 Å². The first kappa shape index (κ1) is 21.7. The molecule has 1 aliphatic heterocycles. The van der Waals surface area contributed by atoms with Crippen molar-refractivity contribution >= 4 is 18.1 Å². The van der Waals surface area contributed by atoms with E-state index in [0.29, 0.717) is 17.9 Å². The lowest BCUT2D eigenvalue weighted by Gasteiger charge is -2.18. The Morgan fingerprint density at radius 3 is 2.59 bits per heavy atom. The molecular formula is C26H27N3O3. The predicted octanol–water partition coefficient (Wildman–Crippen LogP) is 4.91. The van der Waals surface area contributed by atoms with Crippen molar-refractivity contribution in [3.8, 4) is 11.1 Å². The molecule has 2 heterocycles. The minimum absolute atomic E-state index is 0.0981. The third kappa shape index (κ3) is 4.13. The fourth-order valence-corrected chi connectivity index (χ4v) is 4.18. The van der Waals surface area contributed by atoms with Crippen LogP contribution in [0.1, 0.15) is 59.9 Å². The molecule has 3 aromatic rings. The molecule has 32 heavy (non-hydrogen) atoms. The van der Waals surface area contributed by atoms with Crippen LogP contribution >= 0.6 is 0 Å². The number of carbonyl (C=O) groups is 1. The quantitative estimate of drug-likeness (QED) is 0.500. The zero-order valence-electron chi connectivity index (χ0n) is 18.7. The molecule has 0 spiro atoms. The van der Waals surface area contributed by atoms with Crippen LogP contribution in [0.25, 0.3) is 11.1 Å². The lowest BCUT2D eigenvalue weighted by atomic mass is 9.96. The highest BCUT2D eigenvalue weighted by Gasteiger charge is 2.23. The number of benzene rings is 2. The molecule has 0 aliphatic carbocycles. The number of methoxy groups -OCH3 is 1. The monoisotopic (exact) mass is 429 g/mol. The summed E-state index contributed by atoms with van der Waals surface area (Å²) < 4.78 is 7.00. The topological polar surface area (TPSA) is 73.6 Å². The molecular weight excluding hydrogens is 402 g/mol. The Kier molecular flexibility index (Phi) is 6.30. The second-order valence-electron chi connectivity index (χ2n) is 8.05. The molecule has 0 bridgehead atoms. The van der Waals surface area contributed by atoms with E-state index in [1.54, 1.807) is 6.07 Å². The van der Waals surface area contributed by atoms with Crippen molar-refractivity contribution in [2.24, 2.45) is 4.99 Å². The van der Waals surface area contributed by atoms with Crippen LogP contribution in [0.4, 0.5) is 5.95 Å². The minimum atomic E-state index is -0.362. The number of ether oxygens (including phenoxy) is 1. The maximum atomic E-state index is 12.9. The number of rotatable bonds is 7. The van der Waals surface area contributed by atoms with Gasteiger partial charge in [-0.1, -0.05) is 55.8 Å². The highest BCUT2D eigenvalue weighted by molar-refractivity contribution is 5.97. The zero-order valence-corrected chi connectivity index (χ0v) is 18.7. The first-order chi connectivity index (χ1) is 15.5. The maximum absolute atomic E-state index is 12.9. The number of carbonyl (C=O) groups excluding carboxylic acids is 1. The fraction of sp³-hybridized carbons (Fsp3) is 0.308. The molecule has 0 saturated carbocycles. The number of esters is 1. The maximum Gasteiger partial charge on any atom is 0.338 e. The number of aliphatic imine (C=N–C) groups is 1.